The van der Waals surface area contributed by atoms with Crippen molar-refractivity contribution < 1.29 is 26.4 Å². The van der Waals surface area contributed by atoms with Crippen LogP contribution in [0.25, 0.3) is 0 Å². The van der Waals surface area contributed by atoms with Crippen molar-refractivity contribution in [1.29, 1.82) is 0 Å². The average Bonchev–Trinajstić information content (AvgIpc) is 2.93. The summed E-state index contributed by atoms with van der Waals surface area (Å²) in [4.78, 5) is 3.56. The zero-order chi connectivity index (χ0) is 16.2. The second-order valence-corrected chi connectivity index (χ2v) is 7.20. The van der Waals surface area contributed by atoms with Crippen LogP contribution in [0.2, 0.25) is 0 Å². The summed E-state index contributed by atoms with van der Waals surface area (Å²) < 4.78 is 61.7. The molecular weight excluding hydrogens is 318 g/mol. The molecule has 1 aliphatic rings. The fraction of sp³-hybridized carbons (Fsp3) is 0.769. The highest BCUT2D eigenvalue weighted by molar-refractivity contribution is 7.88. The quantitative estimate of drug-likeness (QED) is 0.824. The van der Waals surface area contributed by atoms with E-state index < -0.39 is 28.0 Å². The number of hydrogen-bond donors (Lipinski definition) is 1. The van der Waals surface area contributed by atoms with Crippen molar-refractivity contribution in [3.63, 3.8) is 0 Å². The van der Waals surface area contributed by atoms with Crippen molar-refractivity contribution >= 4 is 10.0 Å². The van der Waals surface area contributed by atoms with Gasteiger partial charge in [0.15, 0.2) is 12.2 Å². The number of rotatable bonds is 7. The molecular formula is C13H20F2N2O4S. The maximum absolute atomic E-state index is 12.6. The first-order valence-electron chi connectivity index (χ1n) is 7.13. The molecule has 0 saturated heterocycles. The second kappa shape index (κ2) is 7.47. The van der Waals surface area contributed by atoms with E-state index >= 15 is 0 Å². The van der Waals surface area contributed by atoms with Gasteiger partial charge in [-0.05, 0) is 18.8 Å². The van der Waals surface area contributed by atoms with E-state index in [4.69, 9.17) is 4.74 Å². The highest BCUT2D eigenvalue weighted by Crippen LogP contribution is 2.26. The summed E-state index contributed by atoms with van der Waals surface area (Å²) in [7, 11) is -2.14. The summed E-state index contributed by atoms with van der Waals surface area (Å²) in [5.74, 6) is -1.22. The van der Waals surface area contributed by atoms with Crippen LogP contribution in [-0.4, -0.2) is 33.2 Å². The van der Waals surface area contributed by atoms with Gasteiger partial charge in [-0.1, -0.05) is 12.8 Å². The zero-order valence-electron chi connectivity index (χ0n) is 12.3. The smallest absolute Gasteiger partial charge is 0.297 e. The molecule has 1 aromatic rings. The molecule has 22 heavy (non-hydrogen) atoms. The summed E-state index contributed by atoms with van der Waals surface area (Å²) >= 11 is 0. The molecule has 0 aromatic carbocycles. The molecule has 0 unspecified atom stereocenters. The van der Waals surface area contributed by atoms with Gasteiger partial charge in [-0.2, -0.15) is 0 Å². The molecule has 2 atom stereocenters. The van der Waals surface area contributed by atoms with Crippen molar-refractivity contribution in [2.24, 2.45) is 5.92 Å². The number of sulfonamides is 1. The van der Waals surface area contributed by atoms with Gasteiger partial charge in [0.25, 0.3) is 6.43 Å². The Morgan fingerprint density at radius 1 is 1.45 bits per heavy atom. The van der Waals surface area contributed by atoms with Gasteiger partial charge >= 0.3 is 0 Å². The molecule has 0 aliphatic heterocycles. The summed E-state index contributed by atoms with van der Waals surface area (Å²) in [5, 5.41) is 0. The lowest BCUT2D eigenvalue weighted by atomic mass is 9.86. The number of nitrogens with zero attached hydrogens (tertiary/aromatic N) is 1. The topological polar surface area (TPSA) is 81.4 Å². The van der Waals surface area contributed by atoms with Crippen LogP contribution < -0.4 is 4.72 Å². The third kappa shape index (κ3) is 4.47. The van der Waals surface area contributed by atoms with Crippen LogP contribution in [0.3, 0.4) is 0 Å². The summed E-state index contributed by atoms with van der Waals surface area (Å²) in [5.41, 5.74) is -0.255. The average molecular weight is 338 g/mol. The van der Waals surface area contributed by atoms with Gasteiger partial charge in [0, 0.05) is 13.7 Å². The van der Waals surface area contributed by atoms with Crippen molar-refractivity contribution in [3.8, 4) is 0 Å². The largest absolute Gasteiger partial charge is 0.442 e. The molecule has 9 heteroatoms. The number of ether oxygens (including phenoxy) is 1. The van der Waals surface area contributed by atoms with Gasteiger partial charge in [0.2, 0.25) is 10.0 Å². The minimum absolute atomic E-state index is 0.0279. The summed E-state index contributed by atoms with van der Waals surface area (Å²) in [6.45, 7) is 0.239. The molecule has 2 rings (SSSR count). The summed E-state index contributed by atoms with van der Waals surface area (Å²) in [6.07, 6.45) is 1.86. The lowest BCUT2D eigenvalue weighted by Crippen LogP contribution is -2.38. The van der Waals surface area contributed by atoms with Crippen LogP contribution in [0.4, 0.5) is 8.78 Å². The standard InChI is InChI=1S/C13H20F2N2O4S/c1-20-11-5-3-2-4-9(11)6-17-22(18,19)7-10-12(13(14)15)21-8-16-10/h8-9,11,13,17H,2-7H2,1H3/t9-,11+/m0/s1. The first kappa shape index (κ1) is 17.3. The molecule has 0 radical (unpaired) electrons. The predicted molar refractivity (Wildman–Crippen MR) is 74.8 cm³/mol. The SMILES string of the molecule is CO[C@@H]1CCCC[C@H]1CNS(=O)(=O)Cc1ncoc1C(F)F. The fourth-order valence-corrected chi connectivity index (χ4v) is 3.89. The Morgan fingerprint density at radius 2 is 2.18 bits per heavy atom. The lowest BCUT2D eigenvalue weighted by molar-refractivity contribution is 0.0259. The van der Waals surface area contributed by atoms with Crippen molar-refractivity contribution in [2.75, 3.05) is 13.7 Å². The van der Waals surface area contributed by atoms with Gasteiger partial charge in [-0.3, -0.25) is 0 Å². The normalized spacial score (nSPS) is 23.1. The van der Waals surface area contributed by atoms with E-state index in [2.05, 4.69) is 14.1 Å². The molecule has 1 N–H and O–H groups in total. The molecule has 1 aliphatic carbocycles. The van der Waals surface area contributed by atoms with Gasteiger partial charge in [0.1, 0.15) is 11.4 Å². The number of oxazole rings is 1. The Kier molecular flexibility index (Phi) is 5.87. The van der Waals surface area contributed by atoms with Crippen molar-refractivity contribution in [2.45, 2.75) is 44.0 Å². The minimum atomic E-state index is -3.75. The van der Waals surface area contributed by atoms with E-state index in [1.54, 1.807) is 7.11 Å². The Labute approximate surface area is 128 Å². The van der Waals surface area contributed by atoms with Crippen LogP contribution >= 0.6 is 0 Å². The Bertz CT molecular complexity index is 576. The van der Waals surface area contributed by atoms with Gasteiger partial charge in [-0.25, -0.2) is 26.9 Å². The maximum Gasteiger partial charge on any atom is 0.297 e. The number of alkyl halides is 2. The van der Waals surface area contributed by atoms with Crippen LogP contribution in [0.5, 0.6) is 0 Å². The van der Waals surface area contributed by atoms with Gasteiger partial charge < -0.3 is 9.15 Å². The lowest BCUT2D eigenvalue weighted by Gasteiger charge is -2.30. The van der Waals surface area contributed by atoms with Crippen LogP contribution in [0, 0.1) is 5.92 Å². The molecule has 1 fully saturated rings. The van der Waals surface area contributed by atoms with E-state index in [1.165, 1.54) is 0 Å². The molecule has 0 amide bonds. The number of halogens is 2. The van der Waals surface area contributed by atoms with E-state index in [9.17, 15) is 17.2 Å². The predicted octanol–water partition coefficient (Wildman–Crippen LogP) is 2.24. The van der Waals surface area contributed by atoms with Gasteiger partial charge in [0.05, 0.1) is 6.10 Å². The molecule has 6 nitrogen and oxygen atoms in total. The Balaban J connectivity index is 1.94. The third-order valence-corrected chi connectivity index (χ3v) is 5.17. The number of nitrogens with one attached hydrogen (secondary N) is 1. The molecule has 126 valence electrons. The molecule has 0 spiro atoms. The monoisotopic (exact) mass is 338 g/mol. The maximum atomic E-state index is 12.6. The molecule has 1 heterocycles. The first-order valence-corrected chi connectivity index (χ1v) is 8.78. The zero-order valence-corrected chi connectivity index (χ0v) is 13.1. The van der Waals surface area contributed by atoms with E-state index in [1.807, 2.05) is 0 Å². The first-order chi connectivity index (χ1) is 10.4. The molecule has 1 aromatic heterocycles. The minimum Gasteiger partial charge on any atom is -0.442 e. The number of hydrogen-bond acceptors (Lipinski definition) is 5. The van der Waals surface area contributed by atoms with Crippen LogP contribution in [0.1, 0.15) is 43.6 Å². The third-order valence-electron chi connectivity index (χ3n) is 3.91. The molecule has 0 bridgehead atoms. The van der Waals surface area contributed by atoms with Gasteiger partial charge in [-0.15, -0.1) is 0 Å². The second-order valence-electron chi connectivity index (χ2n) is 5.39. The van der Waals surface area contributed by atoms with Crippen molar-refractivity contribution in [1.82, 2.24) is 9.71 Å². The van der Waals surface area contributed by atoms with Crippen LogP contribution in [0.15, 0.2) is 10.8 Å². The summed E-state index contributed by atoms with van der Waals surface area (Å²) in [6, 6.07) is 0. The van der Waals surface area contributed by atoms with E-state index in [-0.39, 0.29) is 24.3 Å². The number of aromatic nitrogens is 1. The Morgan fingerprint density at radius 3 is 2.86 bits per heavy atom. The fourth-order valence-electron chi connectivity index (χ4n) is 2.75. The Hall–Kier alpha value is -1.06. The number of methoxy groups -OCH3 is 1. The highest BCUT2D eigenvalue weighted by atomic mass is 32.2. The molecule has 1 saturated carbocycles. The van der Waals surface area contributed by atoms with E-state index in [0.29, 0.717) is 0 Å². The van der Waals surface area contributed by atoms with Crippen molar-refractivity contribution in [3.05, 3.63) is 17.8 Å². The van der Waals surface area contributed by atoms with Crippen LogP contribution in [-0.2, 0) is 20.5 Å². The van der Waals surface area contributed by atoms with E-state index in [0.717, 1.165) is 32.1 Å². The highest BCUT2D eigenvalue weighted by Gasteiger charge is 2.28.